The Kier molecular flexibility index (Phi) is 7.52. The van der Waals surface area contributed by atoms with E-state index in [0.717, 1.165) is 56.5 Å². The van der Waals surface area contributed by atoms with E-state index in [0.29, 0.717) is 12.1 Å². The van der Waals surface area contributed by atoms with Crippen molar-refractivity contribution in [2.45, 2.75) is 46.2 Å². The van der Waals surface area contributed by atoms with Gasteiger partial charge in [0.05, 0.1) is 0 Å². The molecular weight excluding hydrogens is 316 g/mol. The van der Waals surface area contributed by atoms with Crippen LogP contribution in [0.25, 0.3) is 0 Å². The lowest BCUT2D eigenvalue weighted by Gasteiger charge is -2.38. The number of guanidine groups is 1. The number of aryl methyl sites for hydroxylation is 1. The number of hydrogen-bond donors (Lipinski definition) is 3. The second kappa shape index (κ2) is 9.63. The topological polar surface area (TPSA) is 69.1 Å². The molecule has 1 aromatic carbocycles. The summed E-state index contributed by atoms with van der Waals surface area (Å²) >= 11 is 0. The minimum atomic E-state index is 0.280. The average molecular weight is 348 g/mol. The summed E-state index contributed by atoms with van der Waals surface area (Å²) in [5.74, 6) is 1.17. The third-order valence-electron chi connectivity index (χ3n) is 4.23. The van der Waals surface area contributed by atoms with Crippen LogP contribution in [-0.2, 0) is 4.74 Å². The largest absolute Gasteiger partial charge is 0.508 e. The smallest absolute Gasteiger partial charge is 0.198 e. The Morgan fingerprint density at radius 3 is 2.72 bits per heavy atom. The zero-order valence-electron chi connectivity index (χ0n) is 15.9. The van der Waals surface area contributed by atoms with Gasteiger partial charge in [0, 0.05) is 50.6 Å². The number of phenolic OH excluding ortho intramolecular Hbond substituents is 1. The molecular formula is C19H32N4O2. The highest BCUT2D eigenvalue weighted by Gasteiger charge is 2.23. The number of nitrogens with one attached hydrogen (secondary N) is 2. The SMILES string of the molecule is CCOCCCN=C(Nc1ccc(O)cc1C)N1CC(C)NC(C)C1. The Hall–Kier alpha value is -1.79. The van der Waals surface area contributed by atoms with Crippen LogP contribution in [0.2, 0.25) is 0 Å². The molecule has 0 saturated carbocycles. The van der Waals surface area contributed by atoms with E-state index < -0.39 is 0 Å². The van der Waals surface area contributed by atoms with E-state index in [9.17, 15) is 5.11 Å². The molecule has 2 unspecified atom stereocenters. The van der Waals surface area contributed by atoms with Gasteiger partial charge in [0.15, 0.2) is 5.96 Å². The van der Waals surface area contributed by atoms with Crippen molar-refractivity contribution in [2.24, 2.45) is 4.99 Å². The van der Waals surface area contributed by atoms with Crippen LogP contribution in [0.3, 0.4) is 0 Å². The summed E-state index contributed by atoms with van der Waals surface area (Å²) in [6, 6.07) is 6.19. The van der Waals surface area contributed by atoms with Gasteiger partial charge in [-0.2, -0.15) is 0 Å². The van der Waals surface area contributed by atoms with Gasteiger partial charge in [0.2, 0.25) is 0 Å². The van der Waals surface area contributed by atoms with Gasteiger partial charge < -0.3 is 25.4 Å². The first kappa shape index (κ1) is 19.5. The number of hydrogen-bond acceptors (Lipinski definition) is 4. The Bertz CT molecular complexity index is 567. The number of aliphatic imine (C=N–C) groups is 1. The van der Waals surface area contributed by atoms with Crippen LogP contribution in [0, 0.1) is 6.92 Å². The molecule has 1 aliphatic heterocycles. The van der Waals surface area contributed by atoms with Crippen LogP contribution in [-0.4, -0.2) is 60.9 Å². The summed E-state index contributed by atoms with van der Waals surface area (Å²) < 4.78 is 5.40. The lowest BCUT2D eigenvalue weighted by Crippen LogP contribution is -2.57. The zero-order valence-corrected chi connectivity index (χ0v) is 15.9. The van der Waals surface area contributed by atoms with Gasteiger partial charge in [0.25, 0.3) is 0 Å². The number of phenols is 1. The predicted octanol–water partition coefficient (Wildman–Crippen LogP) is 2.58. The van der Waals surface area contributed by atoms with Crippen LogP contribution >= 0.6 is 0 Å². The van der Waals surface area contributed by atoms with Gasteiger partial charge in [0.1, 0.15) is 5.75 Å². The molecule has 3 N–H and O–H groups in total. The molecule has 25 heavy (non-hydrogen) atoms. The normalized spacial score (nSPS) is 21.4. The summed E-state index contributed by atoms with van der Waals surface area (Å²) in [6.07, 6.45) is 0.908. The number of rotatable bonds is 6. The maximum absolute atomic E-state index is 9.62. The molecule has 1 fully saturated rings. The second-order valence-corrected chi connectivity index (χ2v) is 6.75. The highest BCUT2D eigenvalue weighted by molar-refractivity contribution is 5.94. The van der Waals surface area contributed by atoms with Gasteiger partial charge in [-0.1, -0.05) is 0 Å². The standard InChI is InChI=1S/C19H32N4O2/c1-5-25-10-6-9-20-19(23-12-15(3)21-16(4)13-23)22-18-8-7-17(24)11-14(18)2/h7-8,11,15-16,21,24H,5-6,9-10,12-13H2,1-4H3,(H,20,22). The number of piperazine rings is 1. The fourth-order valence-electron chi connectivity index (χ4n) is 3.12. The minimum absolute atomic E-state index is 0.280. The molecule has 6 heteroatoms. The molecule has 0 aliphatic carbocycles. The summed E-state index contributed by atoms with van der Waals surface area (Å²) in [6.45, 7) is 12.4. The maximum atomic E-state index is 9.62. The van der Waals surface area contributed by atoms with E-state index in [1.165, 1.54) is 0 Å². The molecule has 0 aromatic heterocycles. The molecule has 0 amide bonds. The number of anilines is 1. The van der Waals surface area contributed by atoms with E-state index in [4.69, 9.17) is 9.73 Å². The van der Waals surface area contributed by atoms with Crippen LogP contribution in [0.5, 0.6) is 5.75 Å². The molecule has 2 atom stereocenters. The number of benzene rings is 1. The van der Waals surface area contributed by atoms with Gasteiger partial charge in [-0.3, -0.25) is 4.99 Å². The summed E-state index contributed by atoms with van der Waals surface area (Å²) in [5.41, 5.74) is 1.97. The first-order chi connectivity index (χ1) is 12.0. The predicted molar refractivity (Wildman–Crippen MR) is 104 cm³/mol. The Morgan fingerprint density at radius 1 is 1.36 bits per heavy atom. The molecule has 1 saturated heterocycles. The van der Waals surface area contributed by atoms with E-state index in [2.05, 4.69) is 29.4 Å². The fraction of sp³-hybridized carbons (Fsp3) is 0.632. The van der Waals surface area contributed by atoms with Crippen molar-refractivity contribution in [3.8, 4) is 5.75 Å². The Morgan fingerprint density at radius 2 is 2.08 bits per heavy atom. The molecule has 140 valence electrons. The van der Waals surface area contributed by atoms with E-state index >= 15 is 0 Å². The summed E-state index contributed by atoms with van der Waals surface area (Å²) in [5, 5.41) is 16.6. The van der Waals surface area contributed by atoms with Gasteiger partial charge in [-0.05, 0) is 57.9 Å². The molecule has 1 aliphatic rings. The number of nitrogens with zero attached hydrogens (tertiary/aromatic N) is 2. The van der Waals surface area contributed by atoms with Crippen LogP contribution in [0.4, 0.5) is 5.69 Å². The fourth-order valence-corrected chi connectivity index (χ4v) is 3.12. The van der Waals surface area contributed by atoms with E-state index in [1.807, 2.05) is 19.9 Å². The highest BCUT2D eigenvalue weighted by atomic mass is 16.5. The van der Waals surface area contributed by atoms with Crippen molar-refractivity contribution in [1.82, 2.24) is 10.2 Å². The Labute approximate surface area is 151 Å². The second-order valence-electron chi connectivity index (χ2n) is 6.75. The lowest BCUT2D eigenvalue weighted by molar-refractivity contribution is 0.146. The van der Waals surface area contributed by atoms with E-state index in [1.54, 1.807) is 12.1 Å². The highest BCUT2D eigenvalue weighted by Crippen LogP contribution is 2.21. The lowest BCUT2D eigenvalue weighted by atomic mass is 10.1. The van der Waals surface area contributed by atoms with Gasteiger partial charge in [-0.25, -0.2) is 0 Å². The van der Waals surface area contributed by atoms with Crippen molar-refractivity contribution >= 4 is 11.6 Å². The van der Waals surface area contributed by atoms with Crippen molar-refractivity contribution in [2.75, 3.05) is 38.2 Å². The van der Waals surface area contributed by atoms with Crippen LogP contribution in [0.15, 0.2) is 23.2 Å². The summed E-state index contributed by atoms with van der Waals surface area (Å²) in [7, 11) is 0. The molecule has 1 aromatic rings. The molecule has 6 nitrogen and oxygen atoms in total. The molecule has 0 bridgehead atoms. The van der Waals surface area contributed by atoms with Crippen LogP contribution < -0.4 is 10.6 Å². The Balaban J connectivity index is 2.11. The van der Waals surface area contributed by atoms with Crippen LogP contribution in [0.1, 0.15) is 32.8 Å². The average Bonchev–Trinajstić information content (AvgIpc) is 2.54. The van der Waals surface area contributed by atoms with Crippen molar-refractivity contribution < 1.29 is 9.84 Å². The number of aromatic hydroxyl groups is 1. The third-order valence-corrected chi connectivity index (χ3v) is 4.23. The third kappa shape index (κ3) is 6.21. The maximum Gasteiger partial charge on any atom is 0.198 e. The zero-order chi connectivity index (χ0) is 18.2. The van der Waals surface area contributed by atoms with Crippen molar-refractivity contribution in [3.63, 3.8) is 0 Å². The van der Waals surface area contributed by atoms with E-state index in [-0.39, 0.29) is 5.75 Å². The van der Waals surface area contributed by atoms with Gasteiger partial charge in [-0.15, -0.1) is 0 Å². The monoisotopic (exact) mass is 348 g/mol. The molecule has 0 radical (unpaired) electrons. The van der Waals surface area contributed by atoms with Crippen molar-refractivity contribution in [3.05, 3.63) is 23.8 Å². The quantitative estimate of drug-likeness (QED) is 0.319. The molecule has 1 heterocycles. The summed E-state index contributed by atoms with van der Waals surface area (Å²) in [4.78, 5) is 7.11. The van der Waals surface area contributed by atoms with Crippen molar-refractivity contribution in [1.29, 1.82) is 0 Å². The molecule has 2 rings (SSSR count). The minimum Gasteiger partial charge on any atom is -0.508 e. The first-order valence-corrected chi connectivity index (χ1v) is 9.19. The first-order valence-electron chi connectivity index (χ1n) is 9.19. The number of ether oxygens (including phenoxy) is 1. The molecule has 0 spiro atoms. The van der Waals surface area contributed by atoms with Gasteiger partial charge >= 0.3 is 0 Å².